The van der Waals surface area contributed by atoms with Gasteiger partial charge < -0.3 is 10.4 Å². The van der Waals surface area contributed by atoms with Crippen LogP contribution in [0.4, 0.5) is 0 Å². The number of carboxylic acid groups (broad SMARTS) is 1. The van der Waals surface area contributed by atoms with E-state index in [-0.39, 0.29) is 5.69 Å². The van der Waals surface area contributed by atoms with E-state index in [0.717, 1.165) is 9.99 Å². The number of carboxylic acids is 1. The summed E-state index contributed by atoms with van der Waals surface area (Å²) >= 11 is 3.33. The molecule has 2 aromatic rings. The third kappa shape index (κ3) is 2.98. The first-order valence-electron chi connectivity index (χ1n) is 6.20. The largest absolute Gasteiger partial charge is 0.480 e. The van der Waals surface area contributed by atoms with Crippen molar-refractivity contribution in [2.75, 3.05) is 0 Å². The maximum Gasteiger partial charge on any atom is 0.326 e. The fourth-order valence-electron chi connectivity index (χ4n) is 1.93. The Morgan fingerprint density at radius 3 is 2.90 bits per heavy atom. The van der Waals surface area contributed by atoms with Crippen molar-refractivity contribution in [2.24, 2.45) is 0 Å². The number of aromatic nitrogens is 2. The number of hydrogen-bond donors (Lipinski definition) is 3. The number of aliphatic carboxylic acids is 1. The Bertz CT molecular complexity index is 653. The van der Waals surface area contributed by atoms with Gasteiger partial charge in [0.2, 0.25) is 0 Å². The standard InChI is InChI=1S/C13H14BrN3O3/c1-2-3-10(13(19)20)15-12(18)11-8-6-7(14)4-5-9(8)16-17-11/h4-6,10H,2-3H2,1H3,(H,15,18)(H,16,17)(H,19,20). The van der Waals surface area contributed by atoms with Crippen molar-refractivity contribution >= 4 is 38.7 Å². The second-order valence-corrected chi connectivity index (χ2v) is 5.33. The summed E-state index contributed by atoms with van der Waals surface area (Å²) in [5, 5.41) is 18.9. The fourth-order valence-corrected chi connectivity index (χ4v) is 2.29. The number of hydrogen-bond acceptors (Lipinski definition) is 3. The lowest BCUT2D eigenvalue weighted by molar-refractivity contribution is -0.139. The van der Waals surface area contributed by atoms with Gasteiger partial charge in [-0.3, -0.25) is 9.89 Å². The van der Waals surface area contributed by atoms with Gasteiger partial charge in [0.1, 0.15) is 6.04 Å². The summed E-state index contributed by atoms with van der Waals surface area (Å²) in [5.74, 6) is -1.53. The molecule has 0 saturated carbocycles. The summed E-state index contributed by atoms with van der Waals surface area (Å²) < 4.78 is 0.823. The van der Waals surface area contributed by atoms with E-state index >= 15 is 0 Å². The van der Waals surface area contributed by atoms with Crippen molar-refractivity contribution < 1.29 is 14.7 Å². The number of benzene rings is 1. The summed E-state index contributed by atoms with van der Waals surface area (Å²) in [7, 11) is 0. The van der Waals surface area contributed by atoms with Crippen LogP contribution in [-0.4, -0.2) is 33.2 Å². The minimum atomic E-state index is -1.04. The molecule has 1 heterocycles. The van der Waals surface area contributed by atoms with Gasteiger partial charge in [-0.1, -0.05) is 29.3 Å². The number of aromatic amines is 1. The van der Waals surface area contributed by atoms with E-state index in [0.29, 0.717) is 18.2 Å². The number of carbonyl (C=O) groups excluding carboxylic acids is 1. The summed E-state index contributed by atoms with van der Waals surface area (Å²) in [4.78, 5) is 23.2. The van der Waals surface area contributed by atoms with Crippen molar-refractivity contribution in [1.82, 2.24) is 15.5 Å². The van der Waals surface area contributed by atoms with Gasteiger partial charge in [-0.15, -0.1) is 0 Å². The van der Waals surface area contributed by atoms with Gasteiger partial charge in [0.15, 0.2) is 5.69 Å². The van der Waals surface area contributed by atoms with Crippen LogP contribution in [0.2, 0.25) is 0 Å². The van der Waals surface area contributed by atoms with Gasteiger partial charge in [-0.2, -0.15) is 5.10 Å². The molecule has 2 rings (SSSR count). The first-order chi connectivity index (χ1) is 9.52. The predicted octanol–water partition coefficient (Wildman–Crippen LogP) is 2.31. The van der Waals surface area contributed by atoms with Crippen LogP contribution in [0.5, 0.6) is 0 Å². The van der Waals surface area contributed by atoms with Gasteiger partial charge in [-0.05, 0) is 24.6 Å². The summed E-state index contributed by atoms with van der Waals surface area (Å²) in [6.07, 6.45) is 1.05. The lowest BCUT2D eigenvalue weighted by Gasteiger charge is -2.12. The van der Waals surface area contributed by atoms with E-state index in [9.17, 15) is 9.59 Å². The number of amides is 1. The predicted molar refractivity (Wildman–Crippen MR) is 77.6 cm³/mol. The van der Waals surface area contributed by atoms with Crippen LogP contribution in [0.15, 0.2) is 22.7 Å². The highest BCUT2D eigenvalue weighted by Gasteiger charge is 2.22. The lowest BCUT2D eigenvalue weighted by Crippen LogP contribution is -2.40. The van der Waals surface area contributed by atoms with Crippen molar-refractivity contribution in [1.29, 1.82) is 0 Å². The molecule has 7 heteroatoms. The Kier molecular flexibility index (Phi) is 4.39. The molecule has 1 amide bonds. The average Bonchev–Trinajstić information content (AvgIpc) is 2.80. The van der Waals surface area contributed by atoms with E-state index in [4.69, 9.17) is 5.11 Å². The van der Waals surface area contributed by atoms with E-state index in [2.05, 4.69) is 31.4 Å². The molecule has 1 atom stereocenters. The fraction of sp³-hybridized carbons (Fsp3) is 0.308. The Labute approximate surface area is 123 Å². The number of carbonyl (C=O) groups is 2. The maximum atomic E-state index is 12.1. The molecule has 0 bridgehead atoms. The smallest absolute Gasteiger partial charge is 0.326 e. The quantitative estimate of drug-likeness (QED) is 0.778. The number of rotatable bonds is 5. The highest BCUT2D eigenvalue weighted by atomic mass is 79.9. The number of fused-ring (bicyclic) bond motifs is 1. The monoisotopic (exact) mass is 339 g/mol. The minimum Gasteiger partial charge on any atom is -0.480 e. The third-order valence-electron chi connectivity index (χ3n) is 2.92. The van der Waals surface area contributed by atoms with Crippen LogP contribution in [0.1, 0.15) is 30.3 Å². The third-order valence-corrected chi connectivity index (χ3v) is 3.41. The van der Waals surface area contributed by atoms with Crippen LogP contribution in [0, 0.1) is 0 Å². The van der Waals surface area contributed by atoms with Gasteiger partial charge in [-0.25, -0.2) is 4.79 Å². The van der Waals surface area contributed by atoms with Crippen LogP contribution in [-0.2, 0) is 4.79 Å². The van der Waals surface area contributed by atoms with E-state index in [1.54, 1.807) is 12.1 Å². The molecule has 0 aliphatic carbocycles. The summed E-state index contributed by atoms with van der Waals surface area (Å²) in [6, 6.07) is 4.50. The van der Waals surface area contributed by atoms with Crippen molar-refractivity contribution in [2.45, 2.75) is 25.8 Å². The van der Waals surface area contributed by atoms with Crippen LogP contribution < -0.4 is 5.32 Å². The zero-order chi connectivity index (χ0) is 14.7. The Morgan fingerprint density at radius 1 is 1.50 bits per heavy atom. The second-order valence-electron chi connectivity index (χ2n) is 4.42. The molecule has 6 nitrogen and oxygen atoms in total. The number of nitrogens with zero attached hydrogens (tertiary/aromatic N) is 1. The van der Waals surface area contributed by atoms with Crippen molar-refractivity contribution in [3.05, 3.63) is 28.4 Å². The van der Waals surface area contributed by atoms with Crippen LogP contribution in [0.3, 0.4) is 0 Å². The lowest BCUT2D eigenvalue weighted by atomic mass is 10.1. The van der Waals surface area contributed by atoms with Crippen LogP contribution >= 0.6 is 15.9 Å². The summed E-state index contributed by atoms with van der Waals surface area (Å²) in [5.41, 5.74) is 0.921. The second kappa shape index (κ2) is 6.04. The van der Waals surface area contributed by atoms with Crippen molar-refractivity contribution in [3.8, 4) is 0 Å². The number of H-pyrrole nitrogens is 1. The molecule has 0 aliphatic rings. The molecule has 0 fully saturated rings. The maximum absolute atomic E-state index is 12.1. The number of nitrogens with one attached hydrogen (secondary N) is 2. The van der Waals surface area contributed by atoms with E-state index in [1.165, 1.54) is 0 Å². The Morgan fingerprint density at radius 2 is 2.25 bits per heavy atom. The molecule has 1 aromatic heterocycles. The van der Waals surface area contributed by atoms with Crippen LogP contribution in [0.25, 0.3) is 10.9 Å². The molecule has 106 valence electrons. The summed E-state index contributed by atoms with van der Waals surface area (Å²) in [6.45, 7) is 1.86. The zero-order valence-corrected chi connectivity index (χ0v) is 12.4. The van der Waals surface area contributed by atoms with Gasteiger partial charge in [0, 0.05) is 9.86 Å². The topological polar surface area (TPSA) is 95.1 Å². The Balaban J connectivity index is 2.27. The highest BCUT2D eigenvalue weighted by molar-refractivity contribution is 9.10. The first-order valence-corrected chi connectivity index (χ1v) is 6.99. The van der Waals surface area contributed by atoms with E-state index < -0.39 is 17.9 Å². The van der Waals surface area contributed by atoms with E-state index in [1.807, 2.05) is 13.0 Å². The normalized spacial score (nSPS) is 12.3. The molecule has 1 unspecified atom stereocenters. The first kappa shape index (κ1) is 14.5. The Hall–Kier alpha value is -1.89. The average molecular weight is 340 g/mol. The molecule has 1 aromatic carbocycles. The molecule has 3 N–H and O–H groups in total. The molecular weight excluding hydrogens is 326 g/mol. The molecule has 0 spiro atoms. The molecule has 0 aliphatic heterocycles. The minimum absolute atomic E-state index is 0.198. The SMILES string of the molecule is CCCC(NC(=O)c1n[nH]c2ccc(Br)cc12)C(=O)O. The molecular formula is C13H14BrN3O3. The van der Waals surface area contributed by atoms with Gasteiger partial charge in [0.25, 0.3) is 5.91 Å². The van der Waals surface area contributed by atoms with Crippen molar-refractivity contribution in [3.63, 3.8) is 0 Å². The molecule has 0 saturated heterocycles. The van der Waals surface area contributed by atoms with Gasteiger partial charge in [0.05, 0.1) is 5.52 Å². The molecule has 0 radical (unpaired) electrons. The number of halogens is 1. The van der Waals surface area contributed by atoms with Gasteiger partial charge >= 0.3 is 5.97 Å². The zero-order valence-electron chi connectivity index (χ0n) is 10.8. The highest BCUT2D eigenvalue weighted by Crippen LogP contribution is 2.21. The molecule has 20 heavy (non-hydrogen) atoms.